The van der Waals surface area contributed by atoms with E-state index in [1.165, 1.54) is 6.07 Å². The zero-order valence-electron chi connectivity index (χ0n) is 20.1. The van der Waals surface area contributed by atoms with Crippen molar-refractivity contribution in [1.29, 1.82) is 0 Å². The van der Waals surface area contributed by atoms with Crippen LogP contribution in [0.1, 0.15) is 46.2 Å². The van der Waals surface area contributed by atoms with E-state index in [-0.39, 0.29) is 11.5 Å². The predicted molar refractivity (Wildman–Crippen MR) is 134 cm³/mol. The number of hydrogen-bond donors (Lipinski definition) is 3. The van der Waals surface area contributed by atoms with Gasteiger partial charge in [0, 0.05) is 55.8 Å². The van der Waals surface area contributed by atoms with Crippen molar-refractivity contribution in [3.63, 3.8) is 0 Å². The van der Waals surface area contributed by atoms with Gasteiger partial charge in [-0.3, -0.25) is 9.48 Å². The molecule has 10 nitrogen and oxygen atoms in total. The number of rotatable bonds is 6. The summed E-state index contributed by atoms with van der Waals surface area (Å²) in [6, 6.07) is 5.75. The first-order valence-electron chi connectivity index (χ1n) is 11.8. The Labute approximate surface area is 202 Å². The largest absolute Gasteiger partial charge is 0.478 e. The van der Waals surface area contributed by atoms with Crippen LogP contribution in [0, 0.1) is 6.92 Å². The van der Waals surface area contributed by atoms with Gasteiger partial charge in [-0.1, -0.05) is 6.92 Å². The molecular weight excluding hydrogens is 446 g/mol. The molecule has 1 aliphatic rings. The minimum atomic E-state index is -1.11. The smallest absolute Gasteiger partial charge is 0.339 e. The molecule has 0 saturated carbocycles. The van der Waals surface area contributed by atoms with E-state index in [1.807, 2.05) is 19.3 Å². The molecule has 1 aromatic carbocycles. The lowest BCUT2D eigenvalue weighted by molar-refractivity contribution is 0.0698. The van der Waals surface area contributed by atoms with Crippen LogP contribution in [0.3, 0.4) is 0 Å². The number of benzene rings is 1. The topological polar surface area (TPSA) is 117 Å². The lowest BCUT2D eigenvalue weighted by Crippen LogP contribution is -2.42. The fraction of sp³-hybridized carbons (Fsp3) is 0.360. The first-order valence-corrected chi connectivity index (χ1v) is 11.8. The summed E-state index contributed by atoms with van der Waals surface area (Å²) in [7, 11) is 1.84. The van der Waals surface area contributed by atoms with E-state index >= 15 is 0 Å². The molecule has 1 amide bonds. The molecule has 0 aliphatic carbocycles. The maximum atomic E-state index is 13.3. The Bertz CT molecular complexity index is 1430. The Hall–Kier alpha value is -3.92. The number of fused-ring (bicyclic) bond motifs is 2. The minimum Gasteiger partial charge on any atom is -0.478 e. The van der Waals surface area contributed by atoms with Crippen LogP contribution in [0.5, 0.6) is 0 Å². The Morgan fingerprint density at radius 2 is 1.91 bits per heavy atom. The van der Waals surface area contributed by atoms with Crippen LogP contribution in [0.4, 0.5) is 11.4 Å². The molecule has 1 aliphatic heterocycles. The van der Waals surface area contributed by atoms with Crippen LogP contribution in [-0.4, -0.2) is 61.8 Å². The monoisotopic (exact) mass is 475 g/mol. The summed E-state index contributed by atoms with van der Waals surface area (Å²) >= 11 is 0. The second-order valence-corrected chi connectivity index (χ2v) is 9.03. The van der Waals surface area contributed by atoms with E-state index in [4.69, 9.17) is 0 Å². The highest BCUT2D eigenvalue weighted by atomic mass is 16.4. The first-order chi connectivity index (χ1) is 16.8. The Morgan fingerprint density at radius 1 is 1.14 bits per heavy atom. The van der Waals surface area contributed by atoms with Crippen LogP contribution in [0.15, 0.2) is 36.8 Å². The van der Waals surface area contributed by atoms with Gasteiger partial charge in [-0.25, -0.2) is 9.78 Å². The number of nitrogens with one attached hydrogen (secondary N) is 2. The van der Waals surface area contributed by atoms with E-state index in [9.17, 15) is 14.7 Å². The molecule has 4 aromatic rings. The van der Waals surface area contributed by atoms with Gasteiger partial charge in [-0.15, -0.1) is 0 Å². The molecule has 0 bridgehead atoms. The van der Waals surface area contributed by atoms with Crippen molar-refractivity contribution in [3.05, 3.63) is 53.6 Å². The minimum absolute atomic E-state index is 0.0233. The third-order valence-electron chi connectivity index (χ3n) is 6.50. The number of carbonyl (C=O) groups is 2. The van der Waals surface area contributed by atoms with Gasteiger partial charge < -0.3 is 25.0 Å². The maximum absolute atomic E-state index is 13.3. The molecule has 0 spiro atoms. The van der Waals surface area contributed by atoms with Gasteiger partial charge in [0.15, 0.2) is 5.65 Å². The summed E-state index contributed by atoms with van der Waals surface area (Å²) in [5.74, 6) is -1.45. The van der Waals surface area contributed by atoms with Crippen LogP contribution in [0.25, 0.3) is 16.6 Å². The van der Waals surface area contributed by atoms with Gasteiger partial charge in [0.2, 0.25) is 0 Å². The molecule has 4 heterocycles. The SMILES string of the molecule is CCNC1CCN(c2ccc(C(=O)Nc3cc(C(=O)O)c4nc(C)cn4c3)c3nn(C)cc23)CC1. The molecular formula is C25H29N7O3. The molecule has 3 aromatic heterocycles. The highest BCUT2D eigenvalue weighted by Crippen LogP contribution is 2.31. The van der Waals surface area contributed by atoms with Crippen LogP contribution < -0.4 is 15.5 Å². The Balaban J connectivity index is 1.45. The van der Waals surface area contributed by atoms with Crippen molar-refractivity contribution in [2.75, 3.05) is 29.9 Å². The Morgan fingerprint density at radius 3 is 2.63 bits per heavy atom. The molecule has 0 atom stereocenters. The summed E-state index contributed by atoms with van der Waals surface area (Å²) in [6.07, 6.45) is 7.47. The summed E-state index contributed by atoms with van der Waals surface area (Å²) < 4.78 is 3.34. The van der Waals surface area contributed by atoms with Crippen LogP contribution >= 0.6 is 0 Å². The number of imidazole rings is 1. The van der Waals surface area contributed by atoms with Crippen molar-refractivity contribution < 1.29 is 14.7 Å². The number of pyridine rings is 1. The van der Waals surface area contributed by atoms with E-state index in [1.54, 1.807) is 34.5 Å². The van der Waals surface area contributed by atoms with Gasteiger partial charge in [0.25, 0.3) is 5.91 Å². The number of aryl methyl sites for hydroxylation is 2. The standard InChI is InChI=1S/C25H29N7O3/c1-4-26-16-7-9-31(10-8-16)21-6-5-18(22-20(21)14-30(3)29-22)24(33)28-17-11-19(25(34)35)23-27-15(2)12-32(23)13-17/h5-6,11-14,16,26H,4,7-10H2,1-3H3,(H,28,33)(H,34,35). The lowest BCUT2D eigenvalue weighted by Gasteiger charge is -2.34. The van der Waals surface area contributed by atoms with Gasteiger partial charge >= 0.3 is 5.97 Å². The zero-order chi connectivity index (χ0) is 24.7. The van der Waals surface area contributed by atoms with Crippen molar-refractivity contribution in [2.24, 2.45) is 7.05 Å². The predicted octanol–water partition coefficient (Wildman–Crippen LogP) is 3.06. The number of carboxylic acid groups (broad SMARTS) is 1. The number of amides is 1. The number of nitrogens with zero attached hydrogens (tertiary/aromatic N) is 5. The number of aromatic nitrogens is 4. The van der Waals surface area contributed by atoms with E-state index in [0.29, 0.717) is 34.2 Å². The van der Waals surface area contributed by atoms with Gasteiger partial charge in [-0.05, 0) is 44.5 Å². The second kappa shape index (κ2) is 9.03. The number of piperidine rings is 1. The summed E-state index contributed by atoms with van der Waals surface area (Å²) in [5.41, 5.74) is 3.55. The summed E-state index contributed by atoms with van der Waals surface area (Å²) in [4.78, 5) is 31.7. The molecule has 3 N–H and O–H groups in total. The molecule has 5 rings (SSSR count). The zero-order valence-corrected chi connectivity index (χ0v) is 20.1. The quantitative estimate of drug-likeness (QED) is 0.392. The molecule has 1 saturated heterocycles. The normalized spacial score (nSPS) is 14.7. The number of aromatic carboxylic acids is 1. The van der Waals surface area contributed by atoms with E-state index in [2.05, 4.69) is 32.5 Å². The molecule has 35 heavy (non-hydrogen) atoms. The lowest BCUT2D eigenvalue weighted by atomic mass is 10.0. The highest BCUT2D eigenvalue weighted by Gasteiger charge is 2.23. The number of carboxylic acids is 1. The highest BCUT2D eigenvalue weighted by molar-refractivity contribution is 6.14. The van der Waals surface area contributed by atoms with Crippen molar-refractivity contribution in [2.45, 2.75) is 32.7 Å². The van der Waals surface area contributed by atoms with Crippen LogP contribution in [0.2, 0.25) is 0 Å². The third kappa shape index (κ3) is 4.32. The number of hydrogen-bond acceptors (Lipinski definition) is 6. The second-order valence-electron chi connectivity index (χ2n) is 9.03. The number of carbonyl (C=O) groups excluding carboxylic acids is 1. The third-order valence-corrected chi connectivity index (χ3v) is 6.50. The van der Waals surface area contributed by atoms with E-state index in [0.717, 1.165) is 43.5 Å². The fourth-order valence-electron chi connectivity index (χ4n) is 4.92. The molecule has 0 unspecified atom stereocenters. The van der Waals surface area contributed by atoms with Gasteiger partial charge in [0.05, 0.1) is 16.9 Å². The average Bonchev–Trinajstić information content (AvgIpc) is 3.39. The van der Waals surface area contributed by atoms with Gasteiger partial charge in [0.1, 0.15) is 11.1 Å². The first kappa shape index (κ1) is 22.9. The average molecular weight is 476 g/mol. The van der Waals surface area contributed by atoms with Crippen molar-refractivity contribution in [3.8, 4) is 0 Å². The maximum Gasteiger partial charge on any atom is 0.339 e. The molecule has 1 fully saturated rings. The van der Waals surface area contributed by atoms with Crippen molar-refractivity contribution in [1.82, 2.24) is 24.5 Å². The molecule has 0 radical (unpaired) electrons. The van der Waals surface area contributed by atoms with Crippen molar-refractivity contribution >= 4 is 39.8 Å². The Kier molecular flexibility index (Phi) is 5.89. The fourth-order valence-corrected chi connectivity index (χ4v) is 4.92. The van der Waals surface area contributed by atoms with Gasteiger partial charge in [-0.2, -0.15) is 5.10 Å². The van der Waals surface area contributed by atoms with E-state index < -0.39 is 5.97 Å². The summed E-state index contributed by atoms with van der Waals surface area (Å²) in [6.45, 7) is 6.78. The molecule has 10 heteroatoms. The number of anilines is 2. The summed E-state index contributed by atoms with van der Waals surface area (Å²) in [5, 5.41) is 21.5. The molecule has 182 valence electrons. The van der Waals surface area contributed by atoms with Crippen LogP contribution in [-0.2, 0) is 7.05 Å².